The molecule has 2 nitrogen and oxygen atoms in total. The molecule has 2 heteroatoms. The molecule has 0 aromatic heterocycles. The van der Waals surface area contributed by atoms with Crippen LogP contribution in [0, 0.1) is 11.3 Å². The smallest absolute Gasteiger partial charge is 0.0101 e. The van der Waals surface area contributed by atoms with Gasteiger partial charge < -0.3 is 5.73 Å². The third kappa shape index (κ3) is 2.60. The fourth-order valence-electron chi connectivity index (χ4n) is 3.55. The lowest BCUT2D eigenvalue weighted by atomic mass is 9.88. The highest BCUT2D eigenvalue weighted by atomic mass is 15.2. The summed E-state index contributed by atoms with van der Waals surface area (Å²) >= 11 is 0. The summed E-state index contributed by atoms with van der Waals surface area (Å²) < 4.78 is 0. The van der Waals surface area contributed by atoms with Gasteiger partial charge >= 0.3 is 0 Å². The van der Waals surface area contributed by atoms with Crippen LogP contribution in [-0.2, 0) is 0 Å². The Morgan fingerprint density at radius 3 is 2.62 bits per heavy atom. The van der Waals surface area contributed by atoms with E-state index in [1.54, 1.807) is 0 Å². The van der Waals surface area contributed by atoms with Gasteiger partial charge in [-0.25, -0.2) is 0 Å². The highest BCUT2D eigenvalue weighted by molar-refractivity contribution is 4.92. The minimum absolute atomic E-state index is 0.454. The average molecular weight is 224 g/mol. The summed E-state index contributed by atoms with van der Waals surface area (Å²) in [6, 6.07) is 1.30. The maximum absolute atomic E-state index is 6.18. The molecule has 0 aromatic rings. The lowest BCUT2D eigenvalue weighted by Gasteiger charge is -2.40. The van der Waals surface area contributed by atoms with E-state index in [-0.39, 0.29) is 0 Å². The Kier molecular flexibility index (Phi) is 3.60. The van der Waals surface area contributed by atoms with Gasteiger partial charge in [-0.3, -0.25) is 4.90 Å². The van der Waals surface area contributed by atoms with Crippen LogP contribution in [0.25, 0.3) is 0 Å². The first-order valence-electron chi connectivity index (χ1n) is 7.01. The fraction of sp³-hybridized carbons (Fsp3) is 1.00. The predicted octanol–water partition coefficient (Wildman–Crippen LogP) is 2.62. The minimum Gasteiger partial charge on any atom is -0.327 e. The zero-order chi connectivity index (χ0) is 11.8. The van der Waals surface area contributed by atoms with Crippen LogP contribution in [0.4, 0.5) is 0 Å². The van der Waals surface area contributed by atoms with Crippen LogP contribution in [-0.4, -0.2) is 30.1 Å². The van der Waals surface area contributed by atoms with Gasteiger partial charge in [0.15, 0.2) is 0 Å². The number of nitrogens with zero attached hydrogens (tertiary/aromatic N) is 1. The number of piperidine rings is 1. The van der Waals surface area contributed by atoms with E-state index in [2.05, 4.69) is 25.7 Å². The van der Waals surface area contributed by atoms with Crippen molar-refractivity contribution in [2.75, 3.05) is 13.1 Å². The first-order valence-corrected chi connectivity index (χ1v) is 7.01. The Bertz CT molecular complexity index is 237. The van der Waals surface area contributed by atoms with Crippen molar-refractivity contribution in [1.29, 1.82) is 0 Å². The molecule has 2 N–H and O–H groups in total. The first-order chi connectivity index (χ1) is 7.52. The first kappa shape index (κ1) is 12.4. The normalized spacial score (nSPS) is 40.1. The molecule has 2 rings (SSSR count). The van der Waals surface area contributed by atoms with Crippen LogP contribution in [0.3, 0.4) is 0 Å². The van der Waals surface area contributed by atoms with Gasteiger partial charge in [-0.1, -0.05) is 27.2 Å². The molecule has 0 radical (unpaired) electrons. The molecule has 3 unspecified atom stereocenters. The average Bonchev–Trinajstić information content (AvgIpc) is 2.59. The molecule has 0 aromatic carbocycles. The highest BCUT2D eigenvalue weighted by Gasteiger charge is 2.37. The number of rotatable bonds is 2. The molecule has 0 bridgehead atoms. The van der Waals surface area contributed by atoms with Gasteiger partial charge in [-0.2, -0.15) is 0 Å². The summed E-state index contributed by atoms with van der Waals surface area (Å²) in [5.74, 6) is 0.734. The van der Waals surface area contributed by atoms with Crippen molar-refractivity contribution < 1.29 is 0 Å². The summed E-state index contributed by atoms with van der Waals surface area (Å²) in [6.45, 7) is 9.60. The molecule has 1 saturated carbocycles. The van der Waals surface area contributed by atoms with Gasteiger partial charge in [0.1, 0.15) is 0 Å². The lowest BCUT2D eigenvalue weighted by Crippen LogP contribution is -2.50. The summed E-state index contributed by atoms with van der Waals surface area (Å²) in [5, 5.41) is 0. The molecule has 94 valence electrons. The largest absolute Gasteiger partial charge is 0.327 e. The molecule has 16 heavy (non-hydrogen) atoms. The highest BCUT2D eigenvalue weighted by Crippen LogP contribution is 2.40. The van der Waals surface area contributed by atoms with Crippen LogP contribution >= 0.6 is 0 Å². The molecule has 3 atom stereocenters. The maximum Gasteiger partial charge on any atom is 0.0101 e. The zero-order valence-corrected chi connectivity index (χ0v) is 11.2. The number of hydrogen-bond donors (Lipinski definition) is 1. The lowest BCUT2D eigenvalue weighted by molar-refractivity contribution is 0.103. The van der Waals surface area contributed by atoms with E-state index < -0.39 is 0 Å². The van der Waals surface area contributed by atoms with Crippen molar-refractivity contribution in [2.24, 2.45) is 17.1 Å². The van der Waals surface area contributed by atoms with Gasteiger partial charge in [0, 0.05) is 18.6 Å². The second-order valence-corrected chi connectivity index (χ2v) is 6.68. The van der Waals surface area contributed by atoms with Crippen molar-refractivity contribution in [3.8, 4) is 0 Å². The summed E-state index contributed by atoms with van der Waals surface area (Å²) in [5.41, 5.74) is 6.75. The van der Waals surface area contributed by atoms with Crippen molar-refractivity contribution in [2.45, 2.75) is 65.0 Å². The fourth-order valence-corrected chi connectivity index (χ4v) is 3.55. The molecule has 1 aliphatic heterocycles. The zero-order valence-electron chi connectivity index (χ0n) is 11.2. The van der Waals surface area contributed by atoms with Crippen LogP contribution in [0.2, 0.25) is 0 Å². The van der Waals surface area contributed by atoms with Crippen molar-refractivity contribution in [1.82, 2.24) is 4.90 Å². The Hall–Kier alpha value is -0.0800. The summed E-state index contributed by atoms with van der Waals surface area (Å²) in [4.78, 5) is 2.73. The molecule has 0 spiro atoms. The quantitative estimate of drug-likeness (QED) is 0.781. The standard InChI is InChI=1S/C14H28N2/c1-4-11-10-16(8-6-13(11)15)12-5-7-14(2,3)9-12/h11-13H,4-10,15H2,1-3H3. The Morgan fingerprint density at radius 1 is 1.31 bits per heavy atom. The Morgan fingerprint density at radius 2 is 2.06 bits per heavy atom. The molecular weight excluding hydrogens is 196 g/mol. The molecule has 1 heterocycles. The molecular formula is C14H28N2. The third-order valence-electron chi connectivity index (χ3n) is 4.81. The monoisotopic (exact) mass is 224 g/mol. The van der Waals surface area contributed by atoms with Gasteiger partial charge in [0.2, 0.25) is 0 Å². The Balaban J connectivity index is 1.91. The van der Waals surface area contributed by atoms with Crippen LogP contribution in [0.15, 0.2) is 0 Å². The maximum atomic E-state index is 6.18. The van der Waals surface area contributed by atoms with Crippen LogP contribution in [0.5, 0.6) is 0 Å². The van der Waals surface area contributed by atoms with Crippen molar-refractivity contribution in [3.05, 3.63) is 0 Å². The third-order valence-corrected chi connectivity index (χ3v) is 4.81. The van der Waals surface area contributed by atoms with E-state index >= 15 is 0 Å². The summed E-state index contributed by atoms with van der Waals surface area (Å²) in [6.07, 6.45) is 6.64. The molecule has 1 saturated heterocycles. The molecule has 2 fully saturated rings. The minimum atomic E-state index is 0.454. The van der Waals surface area contributed by atoms with E-state index in [1.807, 2.05) is 0 Å². The van der Waals surface area contributed by atoms with E-state index in [0.29, 0.717) is 11.5 Å². The summed E-state index contributed by atoms with van der Waals surface area (Å²) in [7, 11) is 0. The van der Waals surface area contributed by atoms with E-state index in [0.717, 1.165) is 12.0 Å². The van der Waals surface area contributed by atoms with Crippen LogP contribution < -0.4 is 5.73 Å². The SMILES string of the molecule is CCC1CN(C2CCC(C)(C)C2)CCC1N. The topological polar surface area (TPSA) is 29.3 Å². The second kappa shape index (κ2) is 4.66. The van der Waals surface area contributed by atoms with Gasteiger partial charge in [-0.05, 0) is 43.6 Å². The molecule has 2 aliphatic rings. The van der Waals surface area contributed by atoms with Gasteiger partial charge in [-0.15, -0.1) is 0 Å². The predicted molar refractivity (Wildman–Crippen MR) is 69.4 cm³/mol. The van der Waals surface area contributed by atoms with Gasteiger partial charge in [0.25, 0.3) is 0 Å². The number of nitrogens with two attached hydrogens (primary N) is 1. The van der Waals surface area contributed by atoms with E-state index in [1.165, 1.54) is 45.2 Å². The van der Waals surface area contributed by atoms with E-state index in [9.17, 15) is 0 Å². The van der Waals surface area contributed by atoms with Crippen LogP contribution in [0.1, 0.15) is 52.9 Å². The second-order valence-electron chi connectivity index (χ2n) is 6.68. The molecule has 1 aliphatic carbocycles. The number of hydrogen-bond acceptors (Lipinski definition) is 2. The Labute approximate surface area is 101 Å². The van der Waals surface area contributed by atoms with Gasteiger partial charge in [0.05, 0.1) is 0 Å². The molecule has 0 amide bonds. The van der Waals surface area contributed by atoms with E-state index in [4.69, 9.17) is 5.73 Å². The van der Waals surface area contributed by atoms with Crippen molar-refractivity contribution >= 4 is 0 Å². The number of likely N-dealkylation sites (tertiary alicyclic amines) is 1. The van der Waals surface area contributed by atoms with Crippen molar-refractivity contribution in [3.63, 3.8) is 0 Å².